The zero-order valence-electron chi connectivity index (χ0n) is 11.5. The molecule has 2 N–H and O–H groups in total. The van der Waals surface area contributed by atoms with E-state index in [4.69, 9.17) is 0 Å². The molecule has 0 unspecified atom stereocenters. The highest BCUT2D eigenvalue weighted by atomic mass is 16.4. The van der Waals surface area contributed by atoms with E-state index in [1.807, 2.05) is 30.3 Å². The molecule has 1 atom stereocenters. The second kappa shape index (κ2) is 5.52. The van der Waals surface area contributed by atoms with E-state index >= 15 is 0 Å². The first-order valence-electron chi connectivity index (χ1n) is 7.03. The van der Waals surface area contributed by atoms with Crippen LogP contribution >= 0.6 is 0 Å². The molecule has 0 radical (unpaired) electrons. The molecule has 1 aliphatic rings. The number of carbonyl (C=O) groups excluding carboxylic acids is 1. The molecule has 3 rings (SSSR count). The minimum Gasteiger partial charge on any atom is -0.480 e. The van der Waals surface area contributed by atoms with Crippen molar-refractivity contribution in [2.75, 3.05) is 0 Å². The Morgan fingerprint density at radius 1 is 1.24 bits per heavy atom. The summed E-state index contributed by atoms with van der Waals surface area (Å²) < 4.78 is 0. The van der Waals surface area contributed by atoms with Crippen molar-refractivity contribution in [3.05, 3.63) is 42.1 Å². The van der Waals surface area contributed by atoms with Gasteiger partial charge in [-0.25, -0.2) is 9.78 Å². The van der Waals surface area contributed by atoms with Crippen molar-refractivity contribution >= 4 is 22.8 Å². The number of rotatable bonds is 5. The standard InChI is InChI=1S/C16H16N2O3/c19-15(18-14(16(20)21)9-10-5-6-10)13-8-7-11-3-1-2-4-12(11)17-13/h1-4,7-8,10,14H,5-6,9H2,(H,18,19)(H,20,21)/t14-/m1/s1. The van der Waals surface area contributed by atoms with Crippen molar-refractivity contribution < 1.29 is 14.7 Å². The largest absolute Gasteiger partial charge is 0.480 e. The van der Waals surface area contributed by atoms with Crippen molar-refractivity contribution in [2.45, 2.75) is 25.3 Å². The van der Waals surface area contributed by atoms with Crippen molar-refractivity contribution in [2.24, 2.45) is 5.92 Å². The summed E-state index contributed by atoms with van der Waals surface area (Å²) in [6.07, 6.45) is 2.59. The zero-order valence-corrected chi connectivity index (χ0v) is 11.5. The Kier molecular flexibility index (Phi) is 3.56. The van der Waals surface area contributed by atoms with Crippen molar-refractivity contribution in [1.29, 1.82) is 0 Å². The summed E-state index contributed by atoms with van der Waals surface area (Å²) in [7, 11) is 0. The highest BCUT2D eigenvalue weighted by molar-refractivity contribution is 5.96. The van der Waals surface area contributed by atoms with Gasteiger partial charge in [0.05, 0.1) is 5.52 Å². The second-order valence-corrected chi connectivity index (χ2v) is 5.43. The van der Waals surface area contributed by atoms with Gasteiger partial charge in [0, 0.05) is 5.39 Å². The summed E-state index contributed by atoms with van der Waals surface area (Å²) in [5, 5.41) is 12.7. The Morgan fingerprint density at radius 2 is 2.00 bits per heavy atom. The van der Waals surface area contributed by atoms with Crippen LogP contribution in [0.1, 0.15) is 29.8 Å². The molecule has 2 aromatic rings. The number of carboxylic acid groups (broad SMARTS) is 1. The van der Waals surface area contributed by atoms with E-state index in [2.05, 4.69) is 10.3 Å². The molecular weight excluding hydrogens is 268 g/mol. The molecule has 1 fully saturated rings. The van der Waals surface area contributed by atoms with Crippen molar-refractivity contribution in [3.63, 3.8) is 0 Å². The average molecular weight is 284 g/mol. The van der Waals surface area contributed by atoms with E-state index in [9.17, 15) is 14.7 Å². The quantitative estimate of drug-likeness (QED) is 0.882. The monoisotopic (exact) mass is 284 g/mol. The van der Waals surface area contributed by atoms with Crippen molar-refractivity contribution in [3.8, 4) is 0 Å². The molecule has 5 heteroatoms. The number of pyridine rings is 1. The fraction of sp³-hybridized carbons (Fsp3) is 0.312. The Hall–Kier alpha value is -2.43. The number of carbonyl (C=O) groups is 2. The van der Waals surface area contributed by atoms with Crippen LogP contribution in [0.3, 0.4) is 0 Å². The van der Waals surface area contributed by atoms with Gasteiger partial charge in [-0.2, -0.15) is 0 Å². The van der Waals surface area contributed by atoms with Gasteiger partial charge in [-0.3, -0.25) is 4.79 Å². The molecular formula is C16H16N2O3. The normalized spacial score (nSPS) is 15.6. The zero-order chi connectivity index (χ0) is 14.8. The van der Waals surface area contributed by atoms with Crippen LogP contribution < -0.4 is 5.32 Å². The number of aromatic nitrogens is 1. The Balaban J connectivity index is 1.77. The maximum absolute atomic E-state index is 12.2. The lowest BCUT2D eigenvalue weighted by molar-refractivity contribution is -0.139. The van der Waals surface area contributed by atoms with Crippen LogP contribution in [0.5, 0.6) is 0 Å². The summed E-state index contributed by atoms with van der Waals surface area (Å²) in [5.74, 6) is -0.999. The maximum atomic E-state index is 12.2. The molecule has 108 valence electrons. The molecule has 0 bridgehead atoms. The number of carboxylic acids is 1. The summed E-state index contributed by atoms with van der Waals surface area (Å²) in [6, 6.07) is 10.1. The maximum Gasteiger partial charge on any atom is 0.326 e. The molecule has 0 saturated heterocycles. The minimum atomic E-state index is -0.990. The first kappa shape index (κ1) is 13.5. The number of nitrogens with zero attached hydrogens (tertiary/aromatic N) is 1. The molecule has 0 aliphatic heterocycles. The van der Waals surface area contributed by atoms with E-state index in [-0.39, 0.29) is 5.69 Å². The topological polar surface area (TPSA) is 79.3 Å². The van der Waals surface area contributed by atoms with E-state index in [1.165, 1.54) is 0 Å². The van der Waals surface area contributed by atoms with Gasteiger partial charge in [0.15, 0.2) is 0 Å². The smallest absolute Gasteiger partial charge is 0.326 e. The molecule has 1 aromatic carbocycles. The van der Waals surface area contributed by atoms with Gasteiger partial charge in [0.2, 0.25) is 0 Å². The second-order valence-electron chi connectivity index (χ2n) is 5.43. The van der Waals surface area contributed by atoms with Crippen LogP contribution in [0.2, 0.25) is 0 Å². The predicted molar refractivity (Wildman–Crippen MR) is 78.0 cm³/mol. The lowest BCUT2D eigenvalue weighted by Gasteiger charge is -2.13. The van der Waals surface area contributed by atoms with Crippen LogP contribution in [0.15, 0.2) is 36.4 Å². The summed E-state index contributed by atoms with van der Waals surface area (Å²) in [5.41, 5.74) is 0.968. The van der Waals surface area contributed by atoms with Crippen molar-refractivity contribution in [1.82, 2.24) is 10.3 Å². The third-order valence-electron chi connectivity index (χ3n) is 3.70. The third-order valence-corrected chi connectivity index (χ3v) is 3.70. The summed E-state index contributed by atoms with van der Waals surface area (Å²) in [4.78, 5) is 27.7. The van der Waals surface area contributed by atoms with Gasteiger partial charge in [-0.1, -0.05) is 37.1 Å². The van der Waals surface area contributed by atoms with Crippen LogP contribution in [-0.2, 0) is 4.79 Å². The molecule has 1 aromatic heterocycles. The summed E-state index contributed by atoms with van der Waals surface area (Å²) >= 11 is 0. The van der Waals surface area contributed by atoms with Gasteiger partial charge in [-0.15, -0.1) is 0 Å². The Labute approximate surface area is 122 Å². The van der Waals surface area contributed by atoms with Crippen LogP contribution in [0.25, 0.3) is 10.9 Å². The molecule has 21 heavy (non-hydrogen) atoms. The number of amides is 1. The Bertz CT molecular complexity index is 695. The lowest BCUT2D eigenvalue weighted by atomic mass is 10.1. The van der Waals surface area contributed by atoms with Gasteiger partial charge in [0.1, 0.15) is 11.7 Å². The fourth-order valence-electron chi connectivity index (χ4n) is 2.33. The lowest BCUT2D eigenvalue weighted by Crippen LogP contribution is -2.41. The highest BCUT2D eigenvalue weighted by Gasteiger charge is 2.30. The molecule has 1 aliphatic carbocycles. The minimum absolute atomic E-state index is 0.246. The predicted octanol–water partition coefficient (Wildman–Crippen LogP) is 2.22. The molecule has 1 amide bonds. The number of fused-ring (bicyclic) bond motifs is 1. The molecule has 5 nitrogen and oxygen atoms in total. The van der Waals surface area contributed by atoms with E-state index in [0.29, 0.717) is 12.3 Å². The SMILES string of the molecule is O=C(N[C@H](CC1CC1)C(=O)O)c1ccc2ccccc2n1. The first-order chi connectivity index (χ1) is 10.1. The molecule has 1 saturated carbocycles. The number of nitrogens with one attached hydrogen (secondary N) is 1. The van der Waals surface area contributed by atoms with Gasteiger partial charge < -0.3 is 10.4 Å². The van der Waals surface area contributed by atoms with E-state index < -0.39 is 17.9 Å². The molecule has 0 spiro atoms. The first-order valence-corrected chi connectivity index (χ1v) is 7.03. The van der Waals surface area contributed by atoms with E-state index in [0.717, 1.165) is 23.7 Å². The third kappa shape index (κ3) is 3.18. The fourth-order valence-corrected chi connectivity index (χ4v) is 2.33. The van der Waals surface area contributed by atoms with Crippen LogP contribution in [0.4, 0.5) is 0 Å². The summed E-state index contributed by atoms with van der Waals surface area (Å²) in [6.45, 7) is 0. The number of para-hydroxylation sites is 1. The average Bonchev–Trinajstić information content (AvgIpc) is 3.30. The number of aliphatic carboxylic acids is 1. The molecule has 1 heterocycles. The Morgan fingerprint density at radius 3 is 2.71 bits per heavy atom. The number of hydrogen-bond acceptors (Lipinski definition) is 3. The van der Waals surface area contributed by atoms with E-state index in [1.54, 1.807) is 6.07 Å². The van der Waals surface area contributed by atoms with Crippen LogP contribution in [0, 0.1) is 5.92 Å². The number of hydrogen-bond donors (Lipinski definition) is 2. The highest BCUT2D eigenvalue weighted by Crippen LogP contribution is 2.33. The van der Waals surface area contributed by atoms with Gasteiger partial charge in [-0.05, 0) is 24.5 Å². The van der Waals surface area contributed by atoms with Gasteiger partial charge >= 0.3 is 5.97 Å². The van der Waals surface area contributed by atoms with Crippen LogP contribution in [-0.4, -0.2) is 28.0 Å². The number of benzene rings is 1. The van der Waals surface area contributed by atoms with Gasteiger partial charge in [0.25, 0.3) is 5.91 Å².